The number of benzene rings is 1. The second-order valence-electron chi connectivity index (χ2n) is 6.82. The highest BCUT2D eigenvalue weighted by Gasteiger charge is 2.36. The fourth-order valence-corrected chi connectivity index (χ4v) is 3.50. The molecule has 6 heteroatoms. The van der Waals surface area contributed by atoms with Gasteiger partial charge in [-0.25, -0.2) is 4.79 Å². The number of hydrogen-bond acceptors (Lipinski definition) is 5. The van der Waals surface area contributed by atoms with Gasteiger partial charge in [0.05, 0.1) is 0 Å². The van der Waals surface area contributed by atoms with Crippen molar-refractivity contribution in [2.24, 2.45) is 0 Å². The third-order valence-electron chi connectivity index (χ3n) is 4.86. The molecule has 0 aliphatic carbocycles. The first-order valence-electron chi connectivity index (χ1n) is 8.88. The van der Waals surface area contributed by atoms with Crippen LogP contribution in [-0.2, 0) is 14.3 Å². The fraction of sp³-hybridized carbons (Fsp3) is 0.579. The third kappa shape index (κ3) is 3.72. The molecule has 3 rings (SSSR count). The Morgan fingerprint density at radius 1 is 1.16 bits per heavy atom. The number of piperidine rings is 1. The largest absolute Gasteiger partial charge is 0.485 e. The smallest absolute Gasteiger partial charge is 0.351 e. The average Bonchev–Trinajstić information content (AvgIpc) is 2.60. The van der Waals surface area contributed by atoms with Crippen molar-refractivity contribution in [2.75, 3.05) is 6.61 Å². The van der Waals surface area contributed by atoms with E-state index in [4.69, 9.17) is 14.2 Å². The molecule has 0 N–H and O–H groups in total. The van der Waals surface area contributed by atoms with Crippen molar-refractivity contribution in [2.45, 2.75) is 64.3 Å². The predicted octanol–water partition coefficient (Wildman–Crippen LogP) is 2.55. The maximum atomic E-state index is 12.7. The van der Waals surface area contributed by atoms with Gasteiger partial charge in [0, 0.05) is 12.1 Å². The van der Waals surface area contributed by atoms with Gasteiger partial charge in [-0.3, -0.25) is 4.79 Å². The number of carbonyl (C=O) groups excluding carboxylic acids is 2. The standard InChI is InChI=1S/C19H25NO5/c1-12-7-6-8-13(2)20(12)18(21)14(3)24-19(22)17-11-23-15-9-4-5-10-16(15)25-17/h4-5,9-10,12-14,17H,6-8,11H2,1-3H3/t12-,13-,14+,17-/m0/s1. The zero-order chi connectivity index (χ0) is 18.0. The molecule has 0 bridgehead atoms. The summed E-state index contributed by atoms with van der Waals surface area (Å²) in [6.07, 6.45) is 1.38. The molecular weight excluding hydrogens is 322 g/mol. The first-order chi connectivity index (χ1) is 12.0. The van der Waals surface area contributed by atoms with E-state index in [1.54, 1.807) is 25.1 Å². The Hall–Kier alpha value is -2.24. The molecule has 2 aliphatic rings. The first-order valence-corrected chi connectivity index (χ1v) is 8.88. The van der Waals surface area contributed by atoms with Gasteiger partial charge in [-0.2, -0.15) is 0 Å². The van der Waals surface area contributed by atoms with Gasteiger partial charge in [0.25, 0.3) is 5.91 Å². The van der Waals surface area contributed by atoms with Crippen LogP contribution in [0.5, 0.6) is 11.5 Å². The molecule has 6 nitrogen and oxygen atoms in total. The molecular formula is C19H25NO5. The van der Waals surface area contributed by atoms with Crippen LogP contribution in [0.2, 0.25) is 0 Å². The summed E-state index contributed by atoms with van der Waals surface area (Å²) in [5.74, 6) is 0.387. The number of amides is 1. The van der Waals surface area contributed by atoms with E-state index in [2.05, 4.69) is 0 Å². The van der Waals surface area contributed by atoms with E-state index in [1.165, 1.54) is 0 Å². The maximum absolute atomic E-state index is 12.7. The lowest BCUT2D eigenvalue weighted by molar-refractivity contribution is -0.169. The normalized spacial score (nSPS) is 26.7. The van der Waals surface area contributed by atoms with E-state index in [0.29, 0.717) is 11.5 Å². The van der Waals surface area contributed by atoms with Gasteiger partial charge in [-0.05, 0) is 52.2 Å². The zero-order valence-electron chi connectivity index (χ0n) is 14.9. The maximum Gasteiger partial charge on any atom is 0.351 e. The van der Waals surface area contributed by atoms with E-state index in [0.717, 1.165) is 19.3 Å². The minimum absolute atomic E-state index is 0.0767. The van der Waals surface area contributed by atoms with Gasteiger partial charge >= 0.3 is 5.97 Å². The van der Waals surface area contributed by atoms with Crippen LogP contribution in [0.4, 0.5) is 0 Å². The van der Waals surface area contributed by atoms with Crippen LogP contribution in [0, 0.1) is 0 Å². The molecule has 25 heavy (non-hydrogen) atoms. The predicted molar refractivity (Wildman–Crippen MR) is 91.5 cm³/mol. The lowest BCUT2D eigenvalue weighted by Gasteiger charge is -2.40. The third-order valence-corrected chi connectivity index (χ3v) is 4.86. The summed E-state index contributed by atoms with van der Waals surface area (Å²) in [6.45, 7) is 5.77. The summed E-state index contributed by atoms with van der Waals surface area (Å²) in [5, 5.41) is 0. The zero-order valence-corrected chi connectivity index (χ0v) is 14.9. The van der Waals surface area contributed by atoms with E-state index in [1.807, 2.05) is 24.8 Å². The number of carbonyl (C=O) groups is 2. The SMILES string of the molecule is C[C@@H](OC(=O)[C@@H]1COc2ccccc2O1)C(=O)N1[C@@H](C)CCC[C@@H]1C. The molecule has 0 spiro atoms. The molecule has 1 saturated heterocycles. The quantitative estimate of drug-likeness (QED) is 0.786. The molecule has 2 heterocycles. The van der Waals surface area contributed by atoms with Crippen molar-refractivity contribution in [1.29, 1.82) is 0 Å². The number of hydrogen-bond donors (Lipinski definition) is 0. The number of para-hydroxylation sites is 2. The van der Waals surface area contributed by atoms with Gasteiger partial charge in [0.15, 0.2) is 17.6 Å². The number of fused-ring (bicyclic) bond motifs is 1. The number of ether oxygens (including phenoxy) is 3. The number of esters is 1. The van der Waals surface area contributed by atoms with Gasteiger partial charge in [0.2, 0.25) is 6.10 Å². The second kappa shape index (κ2) is 7.33. The van der Waals surface area contributed by atoms with Crippen LogP contribution in [0.3, 0.4) is 0 Å². The summed E-state index contributed by atoms with van der Waals surface area (Å²) in [7, 11) is 0. The minimum Gasteiger partial charge on any atom is -0.485 e. The van der Waals surface area contributed by atoms with Gasteiger partial charge in [-0.15, -0.1) is 0 Å². The number of rotatable bonds is 3. The van der Waals surface area contributed by atoms with Crippen LogP contribution < -0.4 is 9.47 Å². The Labute approximate surface area is 148 Å². The number of likely N-dealkylation sites (tertiary alicyclic amines) is 1. The molecule has 1 aromatic rings. The van der Waals surface area contributed by atoms with Gasteiger partial charge in [-0.1, -0.05) is 12.1 Å². The van der Waals surface area contributed by atoms with E-state index in [-0.39, 0.29) is 24.6 Å². The van der Waals surface area contributed by atoms with Crippen molar-refractivity contribution in [1.82, 2.24) is 4.90 Å². The molecule has 1 amide bonds. The summed E-state index contributed by atoms with van der Waals surface area (Å²) in [4.78, 5) is 26.9. The van der Waals surface area contributed by atoms with Crippen LogP contribution >= 0.6 is 0 Å². The van der Waals surface area contributed by atoms with Crippen molar-refractivity contribution in [3.8, 4) is 11.5 Å². The molecule has 4 atom stereocenters. The van der Waals surface area contributed by atoms with Gasteiger partial charge < -0.3 is 19.1 Å². The van der Waals surface area contributed by atoms with E-state index >= 15 is 0 Å². The summed E-state index contributed by atoms with van der Waals surface area (Å²) in [6, 6.07) is 7.49. The van der Waals surface area contributed by atoms with Crippen LogP contribution in [0.15, 0.2) is 24.3 Å². The average molecular weight is 347 g/mol. The highest BCUT2D eigenvalue weighted by molar-refractivity contribution is 5.85. The second-order valence-corrected chi connectivity index (χ2v) is 6.82. The molecule has 136 valence electrons. The Morgan fingerprint density at radius 2 is 1.80 bits per heavy atom. The summed E-state index contributed by atoms with van der Waals surface area (Å²) < 4.78 is 16.5. The van der Waals surface area contributed by atoms with E-state index in [9.17, 15) is 9.59 Å². The van der Waals surface area contributed by atoms with E-state index < -0.39 is 18.2 Å². The first kappa shape index (κ1) is 17.6. The molecule has 2 aliphatic heterocycles. The molecule has 0 unspecified atom stereocenters. The monoisotopic (exact) mass is 347 g/mol. The molecule has 0 aromatic heterocycles. The van der Waals surface area contributed by atoms with Crippen molar-refractivity contribution < 1.29 is 23.8 Å². The Bertz CT molecular complexity index is 636. The molecule has 0 saturated carbocycles. The van der Waals surface area contributed by atoms with Crippen LogP contribution in [-0.4, -0.2) is 47.7 Å². The Morgan fingerprint density at radius 3 is 2.48 bits per heavy atom. The van der Waals surface area contributed by atoms with Crippen molar-refractivity contribution in [3.63, 3.8) is 0 Å². The molecule has 1 aromatic carbocycles. The lowest BCUT2D eigenvalue weighted by Crippen LogP contribution is -2.52. The minimum atomic E-state index is -0.860. The lowest BCUT2D eigenvalue weighted by atomic mass is 9.97. The van der Waals surface area contributed by atoms with Crippen LogP contribution in [0.1, 0.15) is 40.0 Å². The highest BCUT2D eigenvalue weighted by atomic mass is 16.6. The molecule has 1 fully saturated rings. The van der Waals surface area contributed by atoms with Crippen molar-refractivity contribution >= 4 is 11.9 Å². The van der Waals surface area contributed by atoms with Crippen molar-refractivity contribution in [3.05, 3.63) is 24.3 Å². The fourth-order valence-electron chi connectivity index (χ4n) is 3.50. The summed E-state index contributed by atoms with van der Waals surface area (Å²) in [5.41, 5.74) is 0. The van der Waals surface area contributed by atoms with Crippen LogP contribution in [0.25, 0.3) is 0 Å². The summed E-state index contributed by atoms with van der Waals surface area (Å²) >= 11 is 0. The Balaban J connectivity index is 1.60. The highest BCUT2D eigenvalue weighted by Crippen LogP contribution is 2.31. The van der Waals surface area contributed by atoms with Gasteiger partial charge in [0.1, 0.15) is 6.61 Å². The molecule has 0 radical (unpaired) electrons. The topological polar surface area (TPSA) is 65.1 Å². The Kier molecular flexibility index (Phi) is 5.16. The number of nitrogens with zero attached hydrogens (tertiary/aromatic N) is 1.